The van der Waals surface area contributed by atoms with Crippen molar-refractivity contribution in [3.05, 3.63) is 145 Å². The van der Waals surface area contributed by atoms with Crippen LogP contribution in [0.2, 0.25) is 0 Å². The Morgan fingerprint density at radius 2 is 1.48 bits per heavy atom. The van der Waals surface area contributed by atoms with Gasteiger partial charge in [0.05, 0.1) is 39.4 Å². The van der Waals surface area contributed by atoms with Gasteiger partial charge in [-0.05, 0) is 77.4 Å². The molecule has 1 atom stereocenters. The highest BCUT2D eigenvalue weighted by Crippen LogP contribution is 2.37. The largest absolute Gasteiger partial charge is 0.478 e. The number of hydrogen-bond acceptors (Lipinski definition) is 8. The molecule has 1 aliphatic carbocycles. The fraction of sp³-hybridized carbons (Fsp3) is 0.171. The van der Waals surface area contributed by atoms with E-state index in [1.807, 2.05) is 24.3 Å². The van der Waals surface area contributed by atoms with E-state index in [1.165, 1.54) is 23.2 Å². The van der Waals surface area contributed by atoms with Gasteiger partial charge in [0, 0.05) is 18.7 Å². The molecule has 3 N–H and O–H groups in total. The lowest BCUT2D eigenvalue weighted by Gasteiger charge is -2.36. The van der Waals surface area contributed by atoms with Crippen LogP contribution < -0.4 is 0 Å². The van der Waals surface area contributed by atoms with Crippen LogP contribution in [-0.4, -0.2) is 55.2 Å². The molecule has 0 unspecified atom stereocenters. The molecule has 0 saturated carbocycles. The quantitative estimate of drug-likeness (QED) is 0.0933. The van der Waals surface area contributed by atoms with Crippen LogP contribution in [0.3, 0.4) is 0 Å². The van der Waals surface area contributed by atoms with Gasteiger partial charge in [-0.3, -0.25) is 14.9 Å². The molecule has 13 heteroatoms. The minimum Gasteiger partial charge on any atom is -0.478 e. The fourth-order valence-electron chi connectivity index (χ4n) is 5.73. The topological polar surface area (TPSA) is 197 Å². The molecule has 0 heterocycles. The molecule has 1 amide bonds. The Morgan fingerprint density at radius 3 is 2.15 bits per heavy atom. The van der Waals surface area contributed by atoms with Crippen molar-refractivity contribution in [2.24, 2.45) is 5.16 Å². The van der Waals surface area contributed by atoms with E-state index < -0.39 is 57.0 Å². The molecule has 0 aliphatic heterocycles. The molecule has 0 saturated heterocycles. The van der Waals surface area contributed by atoms with Crippen molar-refractivity contribution in [2.75, 3.05) is 0 Å². The van der Waals surface area contributed by atoms with Crippen molar-refractivity contribution in [3.63, 3.8) is 0 Å². The van der Waals surface area contributed by atoms with Gasteiger partial charge in [0.2, 0.25) is 0 Å². The molecule has 4 aromatic rings. The van der Waals surface area contributed by atoms with Crippen molar-refractivity contribution < 1.29 is 44.3 Å². The molecular weight excluding hydrogens is 622 g/mol. The summed E-state index contributed by atoms with van der Waals surface area (Å²) in [7, 11) is 0. The molecule has 48 heavy (non-hydrogen) atoms. The number of carbonyl (C=O) groups excluding carboxylic acids is 1. The van der Waals surface area contributed by atoms with Crippen LogP contribution in [0.15, 0.2) is 90.1 Å². The number of carboxylic acid groups (broad SMARTS) is 3. The summed E-state index contributed by atoms with van der Waals surface area (Å²) in [4.78, 5) is 67.6. The number of carboxylic acids is 3. The number of fused-ring (bicyclic) bond motifs is 1. The highest BCUT2D eigenvalue weighted by Gasteiger charge is 2.33. The number of aromatic carboxylic acids is 3. The SMILES string of the molecule is O=C(O)c1cc(C(=O)O)c(C(=O)N(Cc2cccc(/C=N/OCc3ccc([N+](=O)[O-])cc3)c2)[C@H]2CCCc3ccccc32)cc1C(=O)O. The number of oxime groups is 1. The van der Waals surface area contributed by atoms with Gasteiger partial charge in [0.25, 0.3) is 11.6 Å². The van der Waals surface area contributed by atoms with E-state index in [2.05, 4.69) is 5.16 Å². The summed E-state index contributed by atoms with van der Waals surface area (Å²) < 4.78 is 0. The smallest absolute Gasteiger partial charge is 0.336 e. The van der Waals surface area contributed by atoms with Crippen LogP contribution in [0.4, 0.5) is 5.69 Å². The van der Waals surface area contributed by atoms with Gasteiger partial charge < -0.3 is 25.1 Å². The van der Waals surface area contributed by atoms with E-state index in [0.29, 0.717) is 29.2 Å². The summed E-state index contributed by atoms with van der Waals surface area (Å²) >= 11 is 0. The monoisotopic (exact) mass is 651 g/mol. The van der Waals surface area contributed by atoms with Gasteiger partial charge >= 0.3 is 17.9 Å². The van der Waals surface area contributed by atoms with Gasteiger partial charge in [0.15, 0.2) is 0 Å². The normalized spacial score (nSPS) is 13.8. The first-order valence-corrected chi connectivity index (χ1v) is 14.8. The number of carbonyl (C=O) groups is 4. The van der Waals surface area contributed by atoms with Crippen molar-refractivity contribution in [1.29, 1.82) is 0 Å². The van der Waals surface area contributed by atoms with Crippen LogP contribution in [0, 0.1) is 10.1 Å². The molecule has 0 aromatic heterocycles. The lowest BCUT2D eigenvalue weighted by atomic mass is 9.86. The molecule has 13 nitrogen and oxygen atoms in total. The minimum absolute atomic E-state index is 0.00527. The van der Waals surface area contributed by atoms with Crippen LogP contribution in [0.1, 0.15) is 88.1 Å². The first kappa shape index (κ1) is 33.0. The molecule has 4 aromatic carbocycles. The summed E-state index contributed by atoms with van der Waals surface area (Å²) in [6, 6.07) is 21.6. The third-order valence-corrected chi connectivity index (χ3v) is 8.01. The average Bonchev–Trinajstić information content (AvgIpc) is 3.08. The highest BCUT2D eigenvalue weighted by atomic mass is 16.6. The van der Waals surface area contributed by atoms with E-state index in [4.69, 9.17) is 4.84 Å². The Kier molecular flexibility index (Phi) is 9.88. The van der Waals surface area contributed by atoms with E-state index in [1.54, 1.807) is 36.4 Å². The Bertz CT molecular complexity index is 1940. The van der Waals surface area contributed by atoms with Crippen LogP contribution in [0.25, 0.3) is 0 Å². The maximum Gasteiger partial charge on any atom is 0.336 e. The first-order chi connectivity index (χ1) is 23.0. The maximum atomic E-state index is 14.4. The van der Waals surface area contributed by atoms with Crippen LogP contribution in [0.5, 0.6) is 0 Å². The molecule has 0 bridgehead atoms. The third kappa shape index (κ3) is 7.36. The second-order valence-corrected chi connectivity index (χ2v) is 11.1. The summed E-state index contributed by atoms with van der Waals surface area (Å²) in [5.74, 6) is -5.59. The van der Waals surface area contributed by atoms with E-state index >= 15 is 0 Å². The second-order valence-electron chi connectivity index (χ2n) is 11.1. The number of nitrogens with zero attached hydrogens (tertiary/aromatic N) is 3. The van der Waals surface area contributed by atoms with Gasteiger partial charge in [-0.15, -0.1) is 0 Å². The van der Waals surface area contributed by atoms with E-state index in [-0.39, 0.29) is 18.8 Å². The maximum absolute atomic E-state index is 14.4. The van der Waals surface area contributed by atoms with Gasteiger partial charge in [-0.1, -0.05) is 47.6 Å². The number of hydrogen-bond donors (Lipinski definition) is 3. The molecule has 0 radical (unpaired) electrons. The number of aryl methyl sites for hydroxylation is 1. The Hall–Kier alpha value is -6.37. The number of nitro groups is 1. The summed E-state index contributed by atoms with van der Waals surface area (Å²) in [6.45, 7) is 0.0772. The van der Waals surface area contributed by atoms with Gasteiger partial charge in [-0.2, -0.15) is 0 Å². The highest BCUT2D eigenvalue weighted by molar-refractivity contribution is 6.10. The predicted octanol–water partition coefficient (Wildman–Crippen LogP) is 5.96. The summed E-state index contributed by atoms with van der Waals surface area (Å²) in [5.41, 5.74) is 1.32. The van der Waals surface area contributed by atoms with Crippen LogP contribution in [-0.2, 0) is 24.4 Å². The zero-order chi connectivity index (χ0) is 34.4. The lowest BCUT2D eigenvalue weighted by molar-refractivity contribution is -0.384. The van der Waals surface area contributed by atoms with Crippen molar-refractivity contribution in [1.82, 2.24) is 4.90 Å². The first-order valence-electron chi connectivity index (χ1n) is 14.8. The minimum atomic E-state index is -1.64. The number of rotatable bonds is 12. The number of non-ortho nitro benzene ring substituents is 1. The van der Waals surface area contributed by atoms with Crippen molar-refractivity contribution >= 4 is 35.7 Å². The lowest BCUT2D eigenvalue weighted by Crippen LogP contribution is -2.37. The zero-order valence-electron chi connectivity index (χ0n) is 25.3. The molecule has 244 valence electrons. The van der Waals surface area contributed by atoms with Crippen LogP contribution >= 0.6 is 0 Å². The summed E-state index contributed by atoms with van der Waals surface area (Å²) in [6.07, 6.45) is 3.55. The Morgan fingerprint density at radius 1 is 0.833 bits per heavy atom. The standard InChI is InChI=1S/C35H29N3O10/c39-32(27-16-29(34(42)43)30(35(44)45)17-28(27)33(40)41)37(31-10-4-8-24-7-1-2-9-26(24)31)19-23-6-3-5-22(15-23)18-36-48-20-21-11-13-25(14-12-21)38(46)47/h1-3,5-7,9,11-18,31H,4,8,10,19-20H2,(H,40,41)(H,42,43)(H,44,45)/b36-18+/t31-/m0/s1. The predicted molar refractivity (Wildman–Crippen MR) is 171 cm³/mol. The Balaban J connectivity index is 1.47. The third-order valence-electron chi connectivity index (χ3n) is 8.01. The van der Waals surface area contributed by atoms with Crippen molar-refractivity contribution in [3.8, 4) is 0 Å². The number of benzene rings is 4. The fourth-order valence-corrected chi connectivity index (χ4v) is 5.73. The van der Waals surface area contributed by atoms with Gasteiger partial charge in [0.1, 0.15) is 6.61 Å². The number of nitro benzene ring substituents is 1. The molecule has 0 fully saturated rings. The van der Waals surface area contributed by atoms with Gasteiger partial charge in [-0.25, -0.2) is 14.4 Å². The summed E-state index contributed by atoms with van der Waals surface area (Å²) in [5, 5.41) is 44.1. The molecule has 1 aliphatic rings. The molecule has 5 rings (SSSR count). The average molecular weight is 652 g/mol. The second kappa shape index (κ2) is 14.4. The zero-order valence-corrected chi connectivity index (χ0v) is 25.3. The van der Waals surface area contributed by atoms with E-state index in [0.717, 1.165) is 30.0 Å². The molecular formula is C35H29N3O10. The number of amides is 1. The van der Waals surface area contributed by atoms with E-state index in [9.17, 15) is 44.6 Å². The molecule has 0 spiro atoms. The van der Waals surface area contributed by atoms with Crippen molar-refractivity contribution in [2.45, 2.75) is 38.5 Å². The Labute approximate surface area is 273 Å².